The van der Waals surface area contributed by atoms with E-state index in [4.69, 9.17) is 4.74 Å². The Hall–Kier alpha value is -2.99. The fourth-order valence-corrected chi connectivity index (χ4v) is 4.07. The summed E-state index contributed by atoms with van der Waals surface area (Å²) in [6, 6.07) is 16.6. The molecule has 0 saturated heterocycles. The second-order valence-corrected chi connectivity index (χ2v) is 9.19. The maximum atomic E-state index is 12.5. The summed E-state index contributed by atoms with van der Waals surface area (Å²) in [5.41, 5.74) is 0.429. The van der Waals surface area contributed by atoms with Crippen LogP contribution >= 0.6 is 22.6 Å². The van der Waals surface area contributed by atoms with Crippen LogP contribution in [0.3, 0.4) is 0 Å². The van der Waals surface area contributed by atoms with Crippen LogP contribution in [-0.2, 0) is 10.0 Å². The zero-order valence-electron chi connectivity index (χ0n) is 15.7. The molecule has 0 aliphatic heterocycles. The summed E-state index contributed by atoms with van der Waals surface area (Å²) in [7, 11) is -3.66. The third kappa shape index (κ3) is 4.60. The third-order valence-electron chi connectivity index (χ3n) is 4.15. The van der Waals surface area contributed by atoms with Gasteiger partial charge < -0.3 is 4.74 Å². The minimum absolute atomic E-state index is 0.201. The Morgan fingerprint density at radius 3 is 2.30 bits per heavy atom. The molecule has 30 heavy (non-hydrogen) atoms. The van der Waals surface area contributed by atoms with Gasteiger partial charge in [-0.2, -0.15) is 0 Å². The number of aryl methyl sites for hydroxylation is 1. The molecule has 0 atom stereocenters. The van der Waals surface area contributed by atoms with Crippen molar-refractivity contribution in [1.82, 2.24) is 19.7 Å². The van der Waals surface area contributed by atoms with Crippen molar-refractivity contribution >= 4 is 38.3 Å². The van der Waals surface area contributed by atoms with Crippen molar-refractivity contribution in [2.24, 2.45) is 0 Å². The van der Waals surface area contributed by atoms with E-state index in [0.29, 0.717) is 23.1 Å². The molecular formula is C20H16IN5O3S. The van der Waals surface area contributed by atoms with Crippen LogP contribution in [0.1, 0.15) is 5.82 Å². The summed E-state index contributed by atoms with van der Waals surface area (Å²) in [4.78, 5) is 4.36. The van der Waals surface area contributed by atoms with Gasteiger partial charge in [-0.1, -0.05) is 0 Å². The van der Waals surface area contributed by atoms with Gasteiger partial charge in [0.1, 0.15) is 11.6 Å². The molecule has 0 aliphatic carbocycles. The molecular weight excluding hydrogens is 517 g/mol. The summed E-state index contributed by atoms with van der Waals surface area (Å²) < 4.78 is 36.0. The highest BCUT2D eigenvalue weighted by atomic mass is 127. The van der Waals surface area contributed by atoms with Crippen molar-refractivity contribution in [2.75, 3.05) is 4.72 Å². The molecule has 152 valence electrons. The van der Waals surface area contributed by atoms with Crippen molar-refractivity contribution in [2.45, 2.75) is 11.8 Å². The Morgan fingerprint density at radius 1 is 0.967 bits per heavy atom. The van der Waals surface area contributed by atoms with E-state index in [1.807, 2.05) is 11.5 Å². The molecule has 0 spiro atoms. The molecule has 0 amide bonds. The van der Waals surface area contributed by atoms with E-state index < -0.39 is 10.0 Å². The van der Waals surface area contributed by atoms with E-state index in [9.17, 15) is 8.42 Å². The average Bonchev–Trinajstić information content (AvgIpc) is 3.16. The molecule has 10 heteroatoms. The van der Waals surface area contributed by atoms with E-state index >= 15 is 0 Å². The van der Waals surface area contributed by atoms with Crippen molar-refractivity contribution in [1.29, 1.82) is 0 Å². The first kappa shape index (κ1) is 20.3. The van der Waals surface area contributed by atoms with Gasteiger partial charge in [-0.3, -0.25) is 9.29 Å². The maximum Gasteiger partial charge on any atom is 0.261 e. The first-order valence-electron chi connectivity index (χ1n) is 8.81. The van der Waals surface area contributed by atoms with Crippen molar-refractivity contribution in [3.05, 3.63) is 82.5 Å². The molecule has 2 heterocycles. The summed E-state index contributed by atoms with van der Waals surface area (Å²) in [5.74, 6) is 2.27. The number of aromatic nitrogens is 4. The molecule has 4 rings (SSSR count). The summed E-state index contributed by atoms with van der Waals surface area (Å²) in [6.45, 7) is 1.88. The number of hydrogen-bond acceptors (Lipinski definition) is 6. The molecule has 4 aromatic rings. The van der Waals surface area contributed by atoms with Crippen LogP contribution in [0.4, 0.5) is 5.69 Å². The Labute approximate surface area is 187 Å². The number of nitrogens with zero attached hydrogens (tertiary/aromatic N) is 4. The summed E-state index contributed by atoms with van der Waals surface area (Å²) in [5, 5.41) is 8.21. The van der Waals surface area contributed by atoms with Crippen LogP contribution in [0.2, 0.25) is 0 Å². The van der Waals surface area contributed by atoms with Gasteiger partial charge in [0.15, 0.2) is 5.82 Å². The van der Waals surface area contributed by atoms with Crippen LogP contribution in [-0.4, -0.2) is 28.2 Å². The summed E-state index contributed by atoms with van der Waals surface area (Å²) in [6.07, 6.45) is 3.49. The van der Waals surface area contributed by atoms with Gasteiger partial charge in [-0.15, -0.1) is 10.2 Å². The fraction of sp³-hybridized carbons (Fsp3) is 0.0500. The van der Waals surface area contributed by atoms with Crippen LogP contribution < -0.4 is 9.46 Å². The molecule has 0 fully saturated rings. The first-order valence-corrected chi connectivity index (χ1v) is 11.4. The fourth-order valence-electron chi connectivity index (χ4n) is 2.66. The van der Waals surface area contributed by atoms with Crippen LogP contribution in [0, 0.1) is 10.5 Å². The molecule has 2 aromatic carbocycles. The normalized spacial score (nSPS) is 11.3. The lowest BCUT2D eigenvalue weighted by atomic mass is 10.3. The molecule has 2 aromatic heterocycles. The molecule has 0 aliphatic rings. The quantitative estimate of drug-likeness (QED) is 0.374. The lowest BCUT2D eigenvalue weighted by Gasteiger charge is -2.10. The zero-order chi connectivity index (χ0) is 21.1. The highest BCUT2D eigenvalue weighted by molar-refractivity contribution is 14.1. The number of rotatable bonds is 6. The maximum absolute atomic E-state index is 12.5. The van der Waals surface area contributed by atoms with E-state index in [-0.39, 0.29) is 4.90 Å². The molecule has 0 saturated carbocycles. The SMILES string of the molecule is Cc1nccn1-c1ccc(Oc2ccc(NS(=O)(=O)c3ccc(I)cc3)cc2)nn1. The van der Waals surface area contributed by atoms with Crippen LogP contribution in [0.5, 0.6) is 11.6 Å². The molecule has 1 N–H and O–H groups in total. The Bertz CT molecular complexity index is 1260. The number of benzene rings is 2. The Kier molecular flexibility index (Phi) is 5.68. The van der Waals surface area contributed by atoms with Gasteiger partial charge in [0, 0.05) is 27.7 Å². The van der Waals surface area contributed by atoms with Crippen molar-refractivity contribution < 1.29 is 13.2 Å². The Balaban J connectivity index is 1.43. The van der Waals surface area contributed by atoms with Gasteiger partial charge in [-0.25, -0.2) is 13.4 Å². The zero-order valence-corrected chi connectivity index (χ0v) is 18.7. The minimum Gasteiger partial charge on any atom is -0.438 e. The van der Waals surface area contributed by atoms with Crippen LogP contribution in [0.15, 0.2) is 78.0 Å². The van der Waals surface area contributed by atoms with Gasteiger partial charge >= 0.3 is 0 Å². The number of sulfonamides is 1. The average molecular weight is 533 g/mol. The van der Waals surface area contributed by atoms with Crippen molar-refractivity contribution in [3.63, 3.8) is 0 Å². The number of imidazole rings is 1. The van der Waals surface area contributed by atoms with Gasteiger partial charge in [-0.05, 0) is 84.1 Å². The van der Waals surface area contributed by atoms with Crippen LogP contribution in [0.25, 0.3) is 5.82 Å². The lowest BCUT2D eigenvalue weighted by Crippen LogP contribution is -2.12. The number of nitrogens with one attached hydrogen (secondary N) is 1. The summed E-state index contributed by atoms with van der Waals surface area (Å²) >= 11 is 2.12. The standard InChI is InChI=1S/C20H16IN5O3S/c1-14-22-12-13-26(14)19-10-11-20(24-23-19)29-17-6-4-16(5-7-17)25-30(27,28)18-8-2-15(21)3-9-18/h2-13,25H,1H3. The van der Waals surface area contributed by atoms with E-state index in [0.717, 1.165) is 9.39 Å². The van der Waals surface area contributed by atoms with E-state index in [1.54, 1.807) is 73.1 Å². The smallest absolute Gasteiger partial charge is 0.261 e. The number of ether oxygens (including phenoxy) is 1. The predicted octanol–water partition coefficient (Wildman–Crippen LogP) is 4.17. The topological polar surface area (TPSA) is 99.0 Å². The van der Waals surface area contributed by atoms with Gasteiger partial charge in [0.05, 0.1) is 4.90 Å². The number of halogens is 1. The largest absolute Gasteiger partial charge is 0.438 e. The van der Waals surface area contributed by atoms with Gasteiger partial charge in [0.25, 0.3) is 10.0 Å². The molecule has 0 unspecified atom stereocenters. The minimum atomic E-state index is -3.66. The third-order valence-corrected chi connectivity index (χ3v) is 6.27. The molecule has 0 bridgehead atoms. The molecule has 8 nitrogen and oxygen atoms in total. The second kappa shape index (κ2) is 8.40. The van der Waals surface area contributed by atoms with E-state index in [1.165, 1.54) is 0 Å². The lowest BCUT2D eigenvalue weighted by molar-refractivity contribution is 0.454. The number of anilines is 1. The predicted molar refractivity (Wildman–Crippen MR) is 120 cm³/mol. The molecule has 0 radical (unpaired) electrons. The second-order valence-electron chi connectivity index (χ2n) is 6.26. The highest BCUT2D eigenvalue weighted by Gasteiger charge is 2.14. The van der Waals surface area contributed by atoms with Crippen molar-refractivity contribution in [3.8, 4) is 17.4 Å². The monoisotopic (exact) mass is 533 g/mol. The van der Waals surface area contributed by atoms with Gasteiger partial charge in [0.2, 0.25) is 5.88 Å². The van der Waals surface area contributed by atoms with E-state index in [2.05, 4.69) is 42.5 Å². The Morgan fingerprint density at radius 2 is 1.70 bits per heavy atom. The first-order chi connectivity index (χ1) is 14.4. The highest BCUT2D eigenvalue weighted by Crippen LogP contribution is 2.23. The number of hydrogen-bond donors (Lipinski definition) is 1.